The van der Waals surface area contributed by atoms with Crippen molar-refractivity contribution in [2.24, 2.45) is 0 Å². The van der Waals surface area contributed by atoms with Crippen molar-refractivity contribution >= 4 is 24.0 Å². The van der Waals surface area contributed by atoms with Crippen LogP contribution < -0.4 is 11.1 Å². The first kappa shape index (κ1) is 19.0. The van der Waals surface area contributed by atoms with Crippen LogP contribution in [0, 0.1) is 0 Å². The molecule has 0 aromatic heterocycles. The molecule has 0 saturated carbocycles. The molecule has 0 heterocycles. The molecule has 2 aromatic carbocycles. The highest BCUT2D eigenvalue weighted by Gasteiger charge is 2.28. The van der Waals surface area contributed by atoms with Crippen LogP contribution in [0.15, 0.2) is 54.6 Å². The minimum Gasteiger partial charge on any atom is -0.399 e. The molecule has 124 valence electrons. The molecule has 4 heteroatoms. The Labute approximate surface area is 144 Å². The Morgan fingerprint density at radius 2 is 1.65 bits per heavy atom. The first-order valence-electron chi connectivity index (χ1n) is 7.59. The van der Waals surface area contributed by atoms with Crippen molar-refractivity contribution in [2.75, 3.05) is 5.73 Å². The van der Waals surface area contributed by atoms with Crippen LogP contribution in [0.4, 0.5) is 5.69 Å². The van der Waals surface area contributed by atoms with E-state index in [9.17, 15) is 4.79 Å². The fraction of sp³-hybridized carbons (Fsp3) is 0.316. The van der Waals surface area contributed by atoms with Crippen molar-refractivity contribution in [1.29, 1.82) is 0 Å². The van der Waals surface area contributed by atoms with Crippen LogP contribution in [-0.4, -0.2) is 11.9 Å². The number of halogens is 1. The maximum atomic E-state index is 12.2. The number of hydrogen-bond acceptors (Lipinski definition) is 2. The average Bonchev–Trinajstić information content (AvgIpc) is 2.50. The van der Waals surface area contributed by atoms with Gasteiger partial charge in [0, 0.05) is 17.1 Å². The number of nitrogens with two attached hydrogens (primary N) is 1. The lowest BCUT2D eigenvalue weighted by molar-refractivity contribution is -0.121. The van der Waals surface area contributed by atoms with E-state index in [1.54, 1.807) is 0 Å². The number of benzene rings is 2. The summed E-state index contributed by atoms with van der Waals surface area (Å²) in [5.41, 5.74) is 8.43. The number of nitrogens with one attached hydrogen (secondary N) is 1. The van der Waals surface area contributed by atoms with E-state index in [0.717, 1.165) is 5.56 Å². The summed E-state index contributed by atoms with van der Waals surface area (Å²) in [6, 6.07) is 17.7. The van der Waals surface area contributed by atoms with Crippen LogP contribution in [-0.2, 0) is 16.6 Å². The Morgan fingerprint density at radius 3 is 2.22 bits per heavy atom. The quantitative estimate of drug-likeness (QED) is 0.820. The highest BCUT2D eigenvalue weighted by atomic mass is 35.5. The zero-order valence-corrected chi connectivity index (χ0v) is 14.7. The van der Waals surface area contributed by atoms with E-state index in [0.29, 0.717) is 12.1 Å². The van der Waals surface area contributed by atoms with Crippen LogP contribution in [0.1, 0.15) is 31.9 Å². The lowest BCUT2D eigenvalue weighted by Gasteiger charge is -2.33. The maximum absolute atomic E-state index is 12.2. The summed E-state index contributed by atoms with van der Waals surface area (Å²) in [4.78, 5) is 12.2. The van der Waals surface area contributed by atoms with Crippen LogP contribution in [0.2, 0.25) is 0 Å². The van der Waals surface area contributed by atoms with Gasteiger partial charge < -0.3 is 11.1 Å². The molecule has 0 aliphatic heterocycles. The summed E-state index contributed by atoms with van der Waals surface area (Å²) >= 11 is 0. The van der Waals surface area contributed by atoms with E-state index in [-0.39, 0.29) is 29.8 Å². The van der Waals surface area contributed by atoms with Crippen LogP contribution in [0.25, 0.3) is 0 Å². The van der Waals surface area contributed by atoms with Gasteiger partial charge in [-0.2, -0.15) is 0 Å². The van der Waals surface area contributed by atoms with Crippen molar-refractivity contribution in [3.8, 4) is 0 Å². The van der Waals surface area contributed by atoms with Gasteiger partial charge in [-0.3, -0.25) is 4.79 Å². The number of amides is 1. The summed E-state index contributed by atoms with van der Waals surface area (Å²) in [6.45, 7) is 6.35. The van der Waals surface area contributed by atoms with Gasteiger partial charge in [0.2, 0.25) is 5.91 Å². The first-order valence-corrected chi connectivity index (χ1v) is 7.59. The molecule has 0 aliphatic carbocycles. The normalized spacial score (nSPS) is 12.1. The molecule has 2 rings (SSSR count). The highest BCUT2D eigenvalue weighted by molar-refractivity contribution is 5.85. The number of rotatable bonds is 5. The second kappa shape index (κ2) is 8.02. The predicted octanol–water partition coefficient (Wildman–Crippen LogP) is 3.72. The SMILES string of the molecule is CC(NC(=O)Cc1ccc(N)cc1)C(C)(C)c1ccccc1.Cl. The molecule has 3 nitrogen and oxygen atoms in total. The third-order valence-electron chi connectivity index (χ3n) is 4.32. The number of nitrogen functional groups attached to an aromatic ring is 1. The lowest BCUT2D eigenvalue weighted by Crippen LogP contribution is -2.45. The van der Waals surface area contributed by atoms with Crippen LogP contribution >= 0.6 is 12.4 Å². The monoisotopic (exact) mass is 332 g/mol. The van der Waals surface area contributed by atoms with E-state index < -0.39 is 0 Å². The first-order chi connectivity index (χ1) is 10.4. The Morgan fingerprint density at radius 1 is 1.09 bits per heavy atom. The molecule has 0 bridgehead atoms. The van der Waals surface area contributed by atoms with Gasteiger partial charge in [0.05, 0.1) is 6.42 Å². The fourth-order valence-electron chi connectivity index (χ4n) is 2.41. The Hall–Kier alpha value is -2.00. The van der Waals surface area contributed by atoms with Crippen molar-refractivity contribution in [3.05, 3.63) is 65.7 Å². The molecular weight excluding hydrogens is 308 g/mol. The number of carbonyl (C=O) groups is 1. The van der Waals surface area contributed by atoms with E-state index in [4.69, 9.17) is 5.73 Å². The Bertz CT molecular complexity index is 624. The van der Waals surface area contributed by atoms with Crippen LogP contribution in [0.3, 0.4) is 0 Å². The van der Waals surface area contributed by atoms with E-state index in [2.05, 4.69) is 31.3 Å². The fourth-order valence-corrected chi connectivity index (χ4v) is 2.41. The van der Waals surface area contributed by atoms with Gasteiger partial charge in [0.15, 0.2) is 0 Å². The third-order valence-corrected chi connectivity index (χ3v) is 4.32. The molecule has 2 aromatic rings. The largest absolute Gasteiger partial charge is 0.399 e. The number of hydrogen-bond donors (Lipinski definition) is 2. The van der Waals surface area contributed by atoms with Gasteiger partial charge in [-0.25, -0.2) is 0 Å². The zero-order chi connectivity index (χ0) is 16.2. The number of carbonyl (C=O) groups excluding carboxylic acids is 1. The van der Waals surface area contributed by atoms with Gasteiger partial charge in [-0.15, -0.1) is 12.4 Å². The molecule has 1 amide bonds. The summed E-state index contributed by atoms with van der Waals surface area (Å²) in [6.07, 6.45) is 0.371. The highest BCUT2D eigenvalue weighted by Crippen LogP contribution is 2.26. The van der Waals surface area contributed by atoms with E-state index in [1.165, 1.54) is 5.56 Å². The molecule has 1 atom stereocenters. The molecule has 0 radical (unpaired) electrons. The number of anilines is 1. The van der Waals surface area contributed by atoms with Gasteiger partial charge in [0.1, 0.15) is 0 Å². The molecule has 0 saturated heterocycles. The second-order valence-electron chi connectivity index (χ2n) is 6.30. The molecule has 0 fully saturated rings. The molecule has 1 unspecified atom stereocenters. The molecule has 3 N–H and O–H groups in total. The summed E-state index contributed by atoms with van der Waals surface area (Å²) in [7, 11) is 0. The Balaban J connectivity index is 0.00000264. The smallest absolute Gasteiger partial charge is 0.224 e. The van der Waals surface area contributed by atoms with E-state index >= 15 is 0 Å². The predicted molar refractivity (Wildman–Crippen MR) is 98.9 cm³/mol. The summed E-state index contributed by atoms with van der Waals surface area (Å²) in [5.74, 6) is 0.0290. The van der Waals surface area contributed by atoms with Crippen molar-refractivity contribution in [2.45, 2.75) is 38.6 Å². The van der Waals surface area contributed by atoms with Gasteiger partial charge in [0.25, 0.3) is 0 Å². The topological polar surface area (TPSA) is 55.1 Å². The second-order valence-corrected chi connectivity index (χ2v) is 6.30. The third kappa shape index (κ3) is 5.00. The van der Waals surface area contributed by atoms with Gasteiger partial charge >= 0.3 is 0 Å². The van der Waals surface area contributed by atoms with Crippen LogP contribution in [0.5, 0.6) is 0 Å². The summed E-state index contributed by atoms with van der Waals surface area (Å²) in [5, 5.41) is 3.11. The molecular formula is C19H25ClN2O. The molecule has 0 spiro atoms. The zero-order valence-electron chi connectivity index (χ0n) is 13.9. The average molecular weight is 333 g/mol. The van der Waals surface area contributed by atoms with Crippen molar-refractivity contribution in [1.82, 2.24) is 5.32 Å². The Kier molecular flexibility index (Phi) is 6.64. The maximum Gasteiger partial charge on any atom is 0.224 e. The minimum absolute atomic E-state index is 0. The minimum atomic E-state index is -0.127. The van der Waals surface area contributed by atoms with Gasteiger partial charge in [-0.1, -0.05) is 56.3 Å². The molecule has 0 aliphatic rings. The lowest BCUT2D eigenvalue weighted by atomic mass is 9.78. The van der Waals surface area contributed by atoms with Crippen molar-refractivity contribution in [3.63, 3.8) is 0 Å². The molecule has 23 heavy (non-hydrogen) atoms. The summed E-state index contributed by atoms with van der Waals surface area (Å²) < 4.78 is 0. The van der Waals surface area contributed by atoms with E-state index in [1.807, 2.05) is 49.4 Å². The van der Waals surface area contributed by atoms with Crippen molar-refractivity contribution < 1.29 is 4.79 Å². The standard InChI is InChI=1S/C19H24N2O.ClH/c1-14(19(2,3)16-7-5-4-6-8-16)21-18(22)13-15-9-11-17(20)12-10-15;/h4-12,14H,13,20H2,1-3H3,(H,21,22);1H. The van der Waals surface area contributed by atoms with Gasteiger partial charge in [-0.05, 0) is 30.2 Å².